The van der Waals surface area contributed by atoms with Crippen LogP contribution in [0.25, 0.3) is 0 Å². The molecule has 0 bridgehead atoms. The molecule has 0 saturated heterocycles. The number of rotatable bonds is 0. The van der Waals surface area contributed by atoms with Crippen molar-refractivity contribution in [1.82, 2.24) is 5.16 Å². The van der Waals surface area contributed by atoms with Gasteiger partial charge in [0.15, 0.2) is 0 Å². The third kappa shape index (κ3) is 1.44. The predicted molar refractivity (Wildman–Crippen MR) is 67.9 cm³/mol. The summed E-state index contributed by atoms with van der Waals surface area (Å²) in [5, 5.41) is 16.5. The molecule has 0 radical (unpaired) electrons. The van der Waals surface area contributed by atoms with Crippen molar-refractivity contribution in [2.45, 2.75) is 51.9 Å². The summed E-state index contributed by atoms with van der Waals surface area (Å²) in [5.74, 6) is 1.60. The number of hydrogen-bond acceptors (Lipinski definition) is 4. The monoisotopic (exact) mass is 248 g/mol. The highest BCUT2D eigenvalue weighted by atomic mass is 16.5. The summed E-state index contributed by atoms with van der Waals surface area (Å²) in [7, 11) is 0. The predicted octanol–water partition coefficient (Wildman–Crippen LogP) is 3.14. The van der Waals surface area contributed by atoms with E-state index in [1.54, 1.807) is 0 Å². The first-order valence-electron chi connectivity index (χ1n) is 6.61. The third-order valence-electron chi connectivity index (χ3n) is 5.01. The summed E-state index contributed by atoms with van der Waals surface area (Å²) in [6, 6.07) is 0. The first kappa shape index (κ1) is 11.8. The average molecular weight is 248 g/mol. The van der Waals surface area contributed by atoms with E-state index >= 15 is 0 Å². The van der Waals surface area contributed by atoms with Crippen molar-refractivity contribution >= 4 is 5.71 Å². The Kier molecular flexibility index (Phi) is 2.34. The van der Waals surface area contributed by atoms with Gasteiger partial charge in [0, 0.05) is 11.0 Å². The zero-order chi connectivity index (χ0) is 13.0. The zero-order valence-corrected chi connectivity index (χ0v) is 11.2. The summed E-state index contributed by atoms with van der Waals surface area (Å²) >= 11 is 0. The van der Waals surface area contributed by atoms with Crippen LogP contribution in [0.5, 0.6) is 0 Å². The molecule has 0 aliphatic heterocycles. The van der Waals surface area contributed by atoms with E-state index in [1.165, 1.54) is 5.56 Å². The van der Waals surface area contributed by atoms with E-state index in [2.05, 4.69) is 31.1 Å². The molecule has 2 aliphatic carbocycles. The molecule has 0 amide bonds. The van der Waals surface area contributed by atoms with Crippen molar-refractivity contribution < 1.29 is 9.73 Å². The molecule has 4 nitrogen and oxygen atoms in total. The second-order valence-electron chi connectivity index (χ2n) is 6.67. The van der Waals surface area contributed by atoms with Crippen LogP contribution in [-0.2, 0) is 11.8 Å². The van der Waals surface area contributed by atoms with Gasteiger partial charge in [-0.05, 0) is 37.0 Å². The lowest BCUT2D eigenvalue weighted by Gasteiger charge is -2.51. The lowest BCUT2D eigenvalue weighted by atomic mass is 9.51. The van der Waals surface area contributed by atoms with Crippen LogP contribution in [0.4, 0.5) is 0 Å². The van der Waals surface area contributed by atoms with Crippen LogP contribution in [0.1, 0.15) is 51.4 Å². The van der Waals surface area contributed by atoms with Gasteiger partial charge in [0.05, 0.1) is 11.9 Å². The maximum atomic E-state index is 9.04. The fourth-order valence-corrected chi connectivity index (χ4v) is 4.35. The summed E-state index contributed by atoms with van der Waals surface area (Å²) in [6.07, 6.45) is 5.65. The fourth-order valence-electron chi connectivity index (χ4n) is 4.35. The van der Waals surface area contributed by atoms with E-state index in [0.717, 1.165) is 37.2 Å². The van der Waals surface area contributed by atoms with E-state index < -0.39 is 0 Å². The van der Waals surface area contributed by atoms with Gasteiger partial charge in [0.25, 0.3) is 0 Å². The van der Waals surface area contributed by atoms with Gasteiger partial charge in [0.2, 0.25) is 0 Å². The molecular weight excluding hydrogens is 228 g/mol. The van der Waals surface area contributed by atoms with Gasteiger partial charge in [-0.1, -0.05) is 31.1 Å². The summed E-state index contributed by atoms with van der Waals surface area (Å²) < 4.78 is 5.49. The van der Waals surface area contributed by atoms with Crippen LogP contribution in [-0.4, -0.2) is 16.1 Å². The van der Waals surface area contributed by atoms with E-state index in [-0.39, 0.29) is 10.8 Å². The molecule has 4 heteroatoms. The topological polar surface area (TPSA) is 58.6 Å². The second-order valence-corrected chi connectivity index (χ2v) is 6.67. The molecule has 2 atom stereocenters. The van der Waals surface area contributed by atoms with Gasteiger partial charge in [-0.2, -0.15) is 0 Å². The Morgan fingerprint density at radius 1 is 1.39 bits per heavy atom. The van der Waals surface area contributed by atoms with Crippen molar-refractivity contribution in [2.75, 3.05) is 0 Å². The molecule has 1 saturated carbocycles. The first-order chi connectivity index (χ1) is 8.47. The molecule has 18 heavy (non-hydrogen) atoms. The molecule has 0 spiro atoms. The van der Waals surface area contributed by atoms with E-state index in [1.807, 2.05) is 6.20 Å². The summed E-state index contributed by atoms with van der Waals surface area (Å²) in [4.78, 5) is 0. The first-order valence-corrected chi connectivity index (χ1v) is 6.61. The zero-order valence-electron chi connectivity index (χ0n) is 11.2. The SMILES string of the molecule is CC1(C)c2oncc2C[C@]2(C)C/C(=N/O)CC[C@@H]12. The van der Waals surface area contributed by atoms with Crippen LogP contribution in [0, 0.1) is 11.3 Å². The number of fused-ring (bicyclic) bond motifs is 2. The highest BCUT2D eigenvalue weighted by Gasteiger charge is 2.53. The Hall–Kier alpha value is -1.32. The number of hydrogen-bond donors (Lipinski definition) is 1. The van der Waals surface area contributed by atoms with E-state index in [9.17, 15) is 0 Å². The molecule has 1 N–H and O–H groups in total. The van der Waals surface area contributed by atoms with Crippen molar-refractivity contribution in [3.05, 3.63) is 17.5 Å². The molecule has 3 rings (SSSR count). The quantitative estimate of drug-likeness (QED) is 0.566. The minimum Gasteiger partial charge on any atom is -0.411 e. The van der Waals surface area contributed by atoms with Gasteiger partial charge >= 0.3 is 0 Å². The lowest BCUT2D eigenvalue weighted by Crippen LogP contribution is -2.49. The van der Waals surface area contributed by atoms with Crippen LogP contribution in [0.15, 0.2) is 15.9 Å². The summed E-state index contributed by atoms with van der Waals surface area (Å²) in [5.41, 5.74) is 2.32. The molecule has 2 aliphatic rings. The highest BCUT2D eigenvalue weighted by Crippen LogP contribution is 2.56. The Balaban J connectivity index is 2.07. The van der Waals surface area contributed by atoms with E-state index in [4.69, 9.17) is 9.73 Å². The lowest BCUT2D eigenvalue weighted by molar-refractivity contribution is 0.0581. The minimum atomic E-state index is 0.0137. The molecule has 0 unspecified atom stereocenters. The van der Waals surface area contributed by atoms with Crippen LogP contribution in [0.2, 0.25) is 0 Å². The molecule has 1 heterocycles. The number of aromatic nitrogens is 1. The molecule has 1 aromatic heterocycles. The van der Waals surface area contributed by atoms with Crippen LogP contribution < -0.4 is 0 Å². The van der Waals surface area contributed by atoms with Crippen molar-refractivity contribution in [3.63, 3.8) is 0 Å². The van der Waals surface area contributed by atoms with Gasteiger partial charge in [-0.25, -0.2) is 0 Å². The molecule has 1 fully saturated rings. The largest absolute Gasteiger partial charge is 0.411 e. The highest BCUT2D eigenvalue weighted by molar-refractivity contribution is 5.85. The van der Waals surface area contributed by atoms with Gasteiger partial charge in [-0.3, -0.25) is 0 Å². The Morgan fingerprint density at radius 3 is 2.89 bits per heavy atom. The van der Waals surface area contributed by atoms with Crippen LogP contribution in [0.3, 0.4) is 0 Å². The maximum Gasteiger partial charge on any atom is 0.145 e. The van der Waals surface area contributed by atoms with Gasteiger partial charge in [-0.15, -0.1) is 0 Å². The minimum absolute atomic E-state index is 0.0137. The number of nitrogens with zero attached hydrogens (tertiary/aromatic N) is 2. The molecular formula is C14H20N2O2. The average Bonchev–Trinajstić information content (AvgIpc) is 2.76. The van der Waals surface area contributed by atoms with Crippen molar-refractivity contribution in [2.24, 2.45) is 16.5 Å². The van der Waals surface area contributed by atoms with Crippen molar-refractivity contribution in [1.29, 1.82) is 0 Å². The standard InChI is InChI=1S/C14H20N2O2/c1-13(2)11-5-4-10(16-17)7-14(11,3)6-9-8-15-18-12(9)13/h8,11,17H,4-7H2,1-3H3/b16-10+/t11-,14+/m0/s1. The van der Waals surface area contributed by atoms with Crippen molar-refractivity contribution in [3.8, 4) is 0 Å². The normalized spacial score (nSPS) is 36.2. The van der Waals surface area contributed by atoms with Gasteiger partial charge in [0.1, 0.15) is 5.76 Å². The molecule has 0 aromatic carbocycles. The smallest absolute Gasteiger partial charge is 0.145 e. The Labute approximate surface area is 107 Å². The Morgan fingerprint density at radius 2 is 2.17 bits per heavy atom. The Bertz CT molecular complexity index is 504. The fraction of sp³-hybridized carbons (Fsp3) is 0.714. The molecule has 1 aromatic rings. The third-order valence-corrected chi connectivity index (χ3v) is 5.01. The second kappa shape index (κ2) is 3.59. The molecule has 98 valence electrons. The maximum absolute atomic E-state index is 9.04. The summed E-state index contributed by atoms with van der Waals surface area (Å²) in [6.45, 7) is 6.81. The van der Waals surface area contributed by atoms with Crippen LogP contribution >= 0.6 is 0 Å². The number of oxime groups is 1. The van der Waals surface area contributed by atoms with E-state index in [0.29, 0.717) is 5.92 Å². The van der Waals surface area contributed by atoms with Gasteiger partial charge < -0.3 is 9.73 Å².